The lowest BCUT2D eigenvalue weighted by Crippen LogP contribution is -2.50. The molecule has 4 atom stereocenters. The highest BCUT2D eigenvalue weighted by Crippen LogP contribution is 2.50. The Morgan fingerprint density at radius 1 is 1.22 bits per heavy atom. The highest BCUT2D eigenvalue weighted by atomic mass is 79.9. The number of aromatic nitrogens is 1. The molecule has 1 aromatic heterocycles. The molecule has 2 heterocycles. The molecule has 0 aliphatic carbocycles. The lowest BCUT2D eigenvalue weighted by Gasteiger charge is -2.48. The summed E-state index contributed by atoms with van der Waals surface area (Å²) in [5.41, 5.74) is -0.195. The van der Waals surface area contributed by atoms with Gasteiger partial charge in [-0.25, -0.2) is 0 Å². The number of nitrogens with zero attached hydrogens (tertiary/aromatic N) is 1. The van der Waals surface area contributed by atoms with E-state index in [9.17, 15) is 9.36 Å². The quantitative estimate of drug-likeness (QED) is 0.277. The molecule has 0 bridgehead atoms. The third kappa shape index (κ3) is 6.23. The molecule has 32 heavy (non-hydrogen) atoms. The summed E-state index contributed by atoms with van der Waals surface area (Å²) >= 11 is 3.33. The number of methoxy groups -OCH3 is 3. The summed E-state index contributed by atoms with van der Waals surface area (Å²) in [7, 11) is 1.93. The Balaban J connectivity index is 2.49. The molecule has 4 unspecified atom stereocenters. The van der Waals surface area contributed by atoms with E-state index in [1.165, 1.54) is 7.11 Å². The van der Waals surface area contributed by atoms with Gasteiger partial charge in [0.2, 0.25) is 12.8 Å². The Morgan fingerprint density at radius 3 is 2.53 bits per heavy atom. The first-order valence-corrected chi connectivity index (χ1v) is 13.6. The summed E-state index contributed by atoms with van der Waals surface area (Å²) in [4.78, 5) is 12.8. The molecule has 0 aromatic carbocycles. The number of fused-ring (bicyclic) bond motifs is 1. The van der Waals surface area contributed by atoms with Crippen LogP contribution < -0.4 is 10.2 Å². The second-order valence-electron chi connectivity index (χ2n) is 8.09. The summed E-state index contributed by atoms with van der Waals surface area (Å²) in [5.74, 6) is 0.219. The standard InChI is InChI=1S/C21H35BrNO8P/c1-7-31-32(6,25)11-10-29-16-13-23-12-15(22)18(24)19(28-5)17(23)20(30-14-27-4)21(16,2)8-9-26-3/h12,16,20H,7-11,13-14H2,1-6H3. The lowest BCUT2D eigenvalue weighted by atomic mass is 9.72. The molecule has 0 spiro atoms. The van der Waals surface area contributed by atoms with E-state index in [0.29, 0.717) is 42.5 Å². The van der Waals surface area contributed by atoms with Crippen molar-refractivity contribution in [2.24, 2.45) is 5.41 Å². The van der Waals surface area contributed by atoms with Crippen molar-refractivity contribution in [1.29, 1.82) is 0 Å². The predicted molar refractivity (Wildman–Crippen MR) is 125 cm³/mol. The average Bonchev–Trinajstić information content (AvgIpc) is 2.74. The fourth-order valence-electron chi connectivity index (χ4n) is 4.07. The monoisotopic (exact) mass is 539 g/mol. The molecule has 184 valence electrons. The second kappa shape index (κ2) is 12.1. The highest BCUT2D eigenvalue weighted by Gasteiger charge is 2.50. The van der Waals surface area contributed by atoms with Crippen molar-refractivity contribution in [3.63, 3.8) is 0 Å². The van der Waals surface area contributed by atoms with E-state index in [1.807, 2.05) is 18.4 Å². The molecule has 0 fully saturated rings. The number of rotatable bonds is 13. The molecule has 11 heteroatoms. The average molecular weight is 540 g/mol. The van der Waals surface area contributed by atoms with Crippen LogP contribution in [0.2, 0.25) is 0 Å². The summed E-state index contributed by atoms with van der Waals surface area (Å²) in [6, 6.07) is 0. The molecule has 1 aliphatic rings. The van der Waals surface area contributed by atoms with Gasteiger partial charge in [-0.2, -0.15) is 0 Å². The zero-order chi connectivity index (χ0) is 23.9. The van der Waals surface area contributed by atoms with E-state index in [2.05, 4.69) is 15.9 Å². The van der Waals surface area contributed by atoms with Crippen LogP contribution in [0.15, 0.2) is 15.5 Å². The van der Waals surface area contributed by atoms with Crippen LogP contribution in [-0.2, 0) is 34.6 Å². The van der Waals surface area contributed by atoms with E-state index >= 15 is 0 Å². The molecule has 2 rings (SSSR count). The maximum atomic E-state index is 12.8. The maximum absolute atomic E-state index is 12.8. The molecular weight excluding hydrogens is 505 g/mol. The summed E-state index contributed by atoms with van der Waals surface area (Å²) < 4.78 is 48.7. The fraction of sp³-hybridized carbons (Fsp3) is 0.762. The first-order valence-electron chi connectivity index (χ1n) is 10.5. The smallest absolute Gasteiger partial charge is 0.237 e. The van der Waals surface area contributed by atoms with Crippen LogP contribution in [0.25, 0.3) is 0 Å². The summed E-state index contributed by atoms with van der Waals surface area (Å²) in [6.45, 7) is 7.11. The second-order valence-corrected chi connectivity index (χ2v) is 11.7. The number of halogens is 1. The van der Waals surface area contributed by atoms with Gasteiger partial charge in [0.25, 0.3) is 0 Å². The van der Waals surface area contributed by atoms with Crippen molar-refractivity contribution in [3.05, 3.63) is 26.6 Å². The van der Waals surface area contributed by atoms with Crippen molar-refractivity contribution >= 4 is 23.3 Å². The molecular formula is C21H35BrNO8P. The summed E-state index contributed by atoms with van der Waals surface area (Å²) in [6.07, 6.45) is 1.76. The van der Waals surface area contributed by atoms with Gasteiger partial charge < -0.3 is 32.8 Å². The van der Waals surface area contributed by atoms with E-state index < -0.39 is 18.9 Å². The first-order chi connectivity index (χ1) is 15.1. The SMILES string of the molecule is CCOP(C)(=O)CCOC1Cn2cc(Br)c(=O)c(OC)c2C(OCOC)C1(C)CCOC. The lowest BCUT2D eigenvalue weighted by molar-refractivity contribution is -0.182. The van der Waals surface area contributed by atoms with Crippen molar-refractivity contribution in [1.82, 2.24) is 4.57 Å². The molecule has 1 aliphatic heterocycles. The molecule has 1 aromatic rings. The van der Waals surface area contributed by atoms with E-state index in [4.69, 9.17) is 28.2 Å². The fourth-order valence-corrected chi connectivity index (χ4v) is 5.61. The van der Waals surface area contributed by atoms with Crippen molar-refractivity contribution in [2.75, 3.05) is 60.8 Å². The Bertz CT molecular complexity index is 863. The topological polar surface area (TPSA) is 94.5 Å². The van der Waals surface area contributed by atoms with Crippen LogP contribution in [0.4, 0.5) is 0 Å². The van der Waals surface area contributed by atoms with Crippen LogP contribution in [0.5, 0.6) is 5.75 Å². The van der Waals surface area contributed by atoms with Gasteiger partial charge >= 0.3 is 0 Å². The van der Waals surface area contributed by atoms with Gasteiger partial charge in [-0.3, -0.25) is 9.36 Å². The van der Waals surface area contributed by atoms with Crippen LogP contribution >= 0.6 is 23.3 Å². The van der Waals surface area contributed by atoms with E-state index in [1.54, 1.807) is 27.1 Å². The van der Waals surface area contributed by atoms with E-state index in [-0.39, 0.29) is 30.7 Å². The van der Waals surface area contributed by atoms with Crippen LogP contribution in [0.3, 0.4) is 0 Å². The third-order valence-corrected chi connectivity index (χ3v) is 8.16. The van der Waals surface area contributed by atoms with Crippen molar-refractivity contribution in [3.8, 4) is 5.75 Å². The molecule has 0 radical (unpaired) electrons. The largest absolute Gasteiger partial charge is 0.491 e. The van der Waals surface area contributed by atoms with Crippen molar-refractivity contribution in [2.45, 2.75) is 39.0 Å². The van der Waals surface area contributed by atoms with Crippen LogP contribution in [-0.4, -0.2) is 71.4 Å². The Morgan fingerprint density at radius 2 is 1.94 bits per heavy atom. The first kappa shape index (κ1) is 27.5. The van der Waals surface area contributed by atoms with Crippen LogP contribution in [0, 0.1) is 5.41 Å². The number of ether oxygens (including phenoxy) is 5. The minimum Gasteiger partial charge on any atom is -0.491 e. The number of hydrogen-bond acceptors (Lipinski definition) is 8. The molecule has 0 saturated carbocycles. The third-order valence-electron chi connectivity index (χ3n) is 5.80. The highest BCUT2D eigenvalue weighted by molar-refractivity contribution is 9.10. The zero-order valence-electron chi connectivity index (χ0n) is 19.7. The Hall–Kier alpha value is -0.740. The van der Waals surface area contributed by atoms with Crippen LogP contribution in [0.1, 0.15) is 32.1 Å². The normalized spacial score (nSPS) is 24.7. The Labute approximate surface area is 198 Å². The molecule has 0 N–H and O–H groups in total. The number of hydrogen-bond donors (Lipinski definition) is 0. The minimum atomic E-state index is -2.73. The molecule has 0 saturated heterocycles. The van der Waals surface area contributed by atoms with Gasteiger partial charge in [-0.15, -0.1) is 0 Å². The van der Waals surface area contributed by atoms with Gasteiger partial charge in [0, 0.05) is 51.8 Å². The Kier molecular flexibility index (Phi) is 10.4. The predicted octanol–water partition coefficient (Wildman–Crippen LogP) is 3.67. The molecule has 9 nitrogen and oxygen atoms in total. The number of pyridine rings is 1. The maximum Gasteiger partial charge on any atom is 0.237 e. The van der Waals surface area contributed by atoms with Gasteiger partial charge in [0.05, 0.1) is 36.6 Å². The minimum absolute atomic E-state index is 0.0296. The van der Waals surface area contributed by atoms with Gasteiger partial charge in [0.15, 0.2) is 5.75 Å². The van der Waals surface area contributed by atoms with Gasteiger partial charge in [-0.1, -0.05) is 6.92 Å². The van der Waals surface area contributed by atoms with Crippen molar-refractivity contribution < 1.29 is 32.8 Å². The molecule has 0 amide bonds. The van der Waals surface area contributed by atoms with E-state index in [0.717, 1.165) is 0 Å². The van der Waals surface area contributed by atoms with Gasteiger partial charge in [0.1, 0.15) is 12.9 Å². The van der Waals surface area contributed by atoms with Gasteiger partial charge in [-0.05, 0) is 29.3 Å². The zero-order valence-corrected chi connectivity index (χ0v) is 22.2. The summed E-state index contributed by atoms with van der Waals surface area (Å²) in [5, 5.41) is 0.